The number of hydrogen-bond donors (Lipinski definition) is 0. The smallest absolute Gasteiger partial charge is 0.116 e. The lowest BCUT2D eigenvalue weighted by Crippen LogP contribution is -1.78. The fraction of sp³-hybridized carbons (Fsp3) is 0. The number of aromatic nitrogens is 2. The van der Waals surface area contributed by atoms with Crippen molar-refractivity contribution < 1.29 is 0 Å². The SMILES string of the molecule is C(=Cc1ncc(-c2ccc3cc4ccccc4cc3c2)s1)c1ncc(-c2ccc3cc4ccccc4cc3c2)s1. The molecule has 0 saturated heterocycles. The first kappa shape index (κ1) is 23.3. The Hall–Kier alpha value is -4.64. The zero-order chi connectivity index (χ0) is 26.5. The highest BCUT2D eigenvalue weighted by Crippen LogP contribution is 2.34. The Morgan fingerprint density at radius 3 is 1.20 bits per heavy atom. The zero-order valence-corrected chi connectivity index (χ0v) is 23.0. The predicted octanol–water partition coefficient (Wildman–Crippen LogP) is 10.7. The standard InChI is InChI=1S/C36H22N2S2/c1-3-7-25-17-31-19-29(11-9-27(31)15-23(25)5-1)33-21-37-35(39-33)13-14-36-38-22-34(40-36)30-12-10-28-16-24-6-2-4-8-26(24)18-32(28)20-30/h1-22H. The van der Waals surface area contributed by atoms with Crippen LogP contribution in [0.2, 0.25) is 0 Å². The molecule has 0 aliphatic heterocycles. The van der Waals surface area contributed by atoms with E-state index in [1.165, 1.54) is 64.0 Å². The second-order valence-electron chi connectivity index (χ2n) is 9.98. The van der Waals surface area contributed by atoms with E-state index in [-0.39, 0.29) is 0 Å². The number of nitrogens with zero attached hydrogens (tertiary/aromatic N) is 2. The van der Waals surface area contributed by atoms with Gasteiger partial charge in [-0.2, -0.15) is 0 Å². The van der Waals surface area contributed by atoms with Crippen molar-refractivity contribution in [3.63, 3.8) is 0 Å². The van der Waals surface area contributed by atoms with E-state index < -0.39 is 0 Å². The summed E-state index contributed by atoms with van der Waals surface area (Å²) in [5.41, 5.74) is 2.39. The molecule has 0 radical (unpaired) electrons. The van der Waals surface area contributed by atoms with Crippen LogP contribution in [0.3, 0.4) is 0 Å². The third-order valence-corrected chi connectivity index (χ3v) is 9.42. The van der Waals surface area contributed by atoms with Crippen LogP contribution in [-0.2, 0) is 0 Å². The molecule has 8 rings (SSSR count). The molecular weight excluding hydrogens is 525 g/mol. The molecule has 0 amide bonds. The minimum Gasteiger partial charge on any atom is -0.245 e. The van der Waals surface area contributed by atoms with Gasteiger partial charge in [0.25, 0.3) is 0 Å². The number of thiazole rings is 2. The summed E-state index contributed by atoms with van der Waals surface area (Å²) in [6.07, 6.45) is 8.08. The fourth-order valence-electron chi connectivity index (χ4n) is 5.33. The summed E-state index contributed by atoms with van der Waals surface area (Å²) in [5.74, 6) is 0. The van der Waals surface area contributed by atoms with Gasteiger partial charge in [0.2, 0.25) is 0 Å². The van der Waals surface area contributed by atoms with E-state index in [9.17, 15) is 0 Å². The topological polar surface area (TPSA) is 25.8 Å². The quantitative estimate of drug-likeness (QED) is 0.205. The first-order valence-electron chi connectivity index (χ1n) is 13.2. The van der Waals surface area contributed by atoms with Crippen molar-refractivity contribution in [2.24, 2.45) is 0 Å². The Morgan fingerprint density at radius 1 is 0.400 bits per heavy atom. The van der Waals surface area contributed by atoms with Crippen molar-refractivity contribution in [2.75, 3.05) is 0 Å². The van der Waals surface area contributed by atoms with Crippen LogP contribution in [0, 0.1) is 0 Å². The molecule has 8 aromatic rings. The van der Waals surface area contributed by atoms with Crippen LogP contribution < -0.4 is 0 Å². The molecule has 0 fully saturated rings. The molecule has 2 aromatic heterocycles. The van der Waals surface area contributed by atoms with Gasteiger partial charge in [0.1, 0.15) is 10.0 Å². The first-order chi connectivity index (χ1) is 19.7. The minimum atomic E-state index is 0.975. The molecule has 0 saturated carbocycles. The summed E-state index contributed by atoms with van der Waals surface area (Å²) in [7, 11) is 0. The lowest BCUT2D eigenvalue weighted by atomic mass is 10.0. The van der Waals surface area contributed by atoms with Crippen molar-refractivity contribution >= 4 is 77.9 Å². The van der Waals surface area contributed by atoms with Crippen LogP contribution in [-0.4, -0.2) is 9.97 Å². The van der Waals surface area contributed by atoms with Crippen LogP contribution in [0.1, 0.15) is 10.0 Å². The molecule has 6 aromatic carbocycles. The van der Waals surface area contributed by atoms with Gasteiger partial charge < -0.3 is 0 Å². The Balaban J connectivity index is 1.04. The van der Waals surface area contributed by atoms with Crippen LogP contribution in [0.4, 0.5) is 0 Å². The van der Waals surface area contributed by atoms with Crippen molar-refractivity contribution in [1.29, 1.82) is 0 Å². The number of fused-ring (bicyclic) bond motifs is 4. The van der Waals surface area contributed by atoms with Crippen molar-refractivity contribution in [2.45, 2.75) is 0 Å². The average Bonchev–Trinajstić information content (AvgIpc) is 3.67. The Bertz CT molecular complexity index is 2080. The fourth-order valence-corrected chi connectivity index (χ4v) is 6.96. The van der Waals surface area contributed by atoms with Gasteiger partial charge in [0.15, 0.2) is 0 Å². The largest absolute Gasteiger partial charge is 0.245 e. The Labute approximate surface area is 239 Å². The molecule has 40 heavy (non-hydrogen) atoms. The monoisotopic (exact) mass is 546 g/mol. The lowest BCUT2D eigenvalue weighted by Gasteiger charge is -2.04. The number of benzene rings is 6. The summed E-state index contributed by atoms with van der Waals surface area (Å²) in [4.78, 5) is 11.7. The van der Waals surface area contributed by atoms with Crippen molar-refractivity contribution in [3.05, 3.63) is 132 Å². The van der Waals surface area contributed by atoms with Crippen molar-refractivity contribution in [3.8, 4) is 20.9 Å². The van der Waals surface area contributed by atoms with Gasteiger partial charge in [0.05, 0.1) is 9.75 Å². The van der Waals surface area contributed by atoms with E-state index in [1.807, 2.05) is 12.4 Å². The number of rotatable bonds is 4. The molecule has 2 nitrogen and oxygen atoms in total. The van der Waals surface area contributed by atoms with Crippen LogP contribution in [0.15, 0.2) is 122 Å². The molecule has 0 bridgehead atoms. The molecule has 0 aliphatic rings. The van der Waals surface area contributed by atoms with Gasteiger partial charge in [-0.3, -0.25) is 0 Å². The summed E-state index contributed by atoms with van der Waals surface area (Å²) < 4.78 is 0. The van der Waals surface area contributed by atoms with Gasteiger partial charge in [-0.15, -0.1) is 22.7 Å². The van der Waals surface area contributed by atoms with E-state index in [0.717, 1.165) is 10.0 Å². The highest BCUT2D eigenvalue weighted by Gasteiger charge is 2.08. The number of hydrogen-bond acceptors (Lipinski definition) is 4. The van der Waals surface area contributed by atoms with Gasteiger partial charge in [0, 0.05) is 12.4 Å². The van der Waals surface area contributed by atoms with E-state index in [0.29, 0.717) is 0 Å². The van der Waals surface area contributed by atoms with Gasteiger partial charge >= 0.3 is 0 Å². The molecular formula is C36H22N2S2. The molecule has 188 valence electrons. The van der Waals surface area contributed by atoms with Gasteiger partial charge in [-0.25, -0.2) is 9.97 Å². The second-order valence-corrected chi connectivity index (χ2v) is 12.1. The first-order valence-corrected chi connectivity index (χ1v) is 14.8. The summed E-state index contributed by atoms with van der Waals surface area (Å²) >= 11 is 3.40. The van der Waals surface area contributed by atoms with Crippen LogP contribution in [0.25, 0.3) is 76.1 Å². The molecule has 4 heteroatoms. The van der Waals surface area contributed by atoms with Crippen LogP contribution >= 0.6 is 22.7 Å². The predicted molar refractivity (Wildman–Crippen MR) is 174 cm³/mol. The molecule has 0 atom stereocenters. The summed E-state index contributed by atoms with van der Waals surface area (Å²) in [5, 5.41) is 12.0. The molecule has 0 N–H and O–H groups in total. The lowest BCUT2D eigenvalue weighted by molar-refractivity contribution is 1.38. The van der Waals surface area contributed by atoms with E-state index in [4.69, 9.17) is 0 Å². The zero-order valence-electron chi connectivity index (χ0n) is 21.4. The van der Waals surface area contributed by atoms with E-state index in [2.05, 4.69) is 131 Å². The van der Waals surface area contributed by atoms with Gasteiger partial charge in [-0.1, -0.05) is 72.8 Å². The summed E-state index contributed by atoms with van der Waals surface area (Å²) in [6.45, 7) is 0. The van der Waals surface area contributed by atoms with Gasteiger partial charge in [-0.05, 0) is 103 Å². The third-order valence-electron chi connectivity index (χ3n) is 7.39. The second kappa shape index (κ2) is 9.53. The maximum absolute atomic E-state index is 4.67. The third kappa shape index (κ3) is 4.28. The normalized spacial score (nSPS) is 11.9. The van der Waals surface area contributed by atoms with E-state index >= 15 is 0 Å². The molecule has 0 spiro atoms. The highest BCUT2D eigenvalue weighted by molar-refractivity contribution is 7.16. The molecule has 0 unspecified atom stereocenters. The highest BCUT2D eigenvalue weighted by atomic mass is 32.1. The maximum atomic E-state index is 4.67. The molecule has 2 heterocycles. The summed E-state index contributed by atoms with van der Waals surface area (Å²) in [6, 6.07) is 39.4. The van der Waals surface area contributed by atoms with Crippen LogP contribution in [0.5, 0.6) is 0 Å². The van der Waals surface area contributed by atoms with E-state index in [1.54, 1.807) is 22.7 Å². The average molecular weight is 547 g/mol. The Kier molecular flexibility index (Phi) is 5.54. The minimum absolute atomic E-state index is 0.975. The molecule has 0 aliphatic carbocycles. The maximum Gasteiger partial charge on any atom is 0.116 e. The Morgan fingerprint density at radius 2 is 0.775 bits per heavy atom. The van der Waals surface area contributed by atoms with Crippen molar-refractivity contribution in [1.82, 2.24) is 9.97 Å².